The Morgan fingerprint density at radius 3 is 3.04 bits per heavy atom. The summed E-state index contributed by atoms with van der Waals surface area (Å²) in [5.41, 5.74) is 3.16. The van der Waals surface area contributed by atoms with Crippen LogP contribution in [-0.2, 0) is 11.2 Å². The average Bonchev–Trinajstić information content (AvgIpc) is 3.00. The van der Waals surface area contributed by atoms with Gasteiger partial charge in [0.05, 0.1) is 0 Å². The number of nitrogens with zero attached hydrogens (tertiary/aromatic N) is 2. The van der Waals surface area contributed by atoms with Crippen LogP contribution in [0.15, 0.2) is 23.6 Å². The van der Waals surface area contributed by atoms with Crippen molar-refractivity contribution in [2.45, 2.75) is 32.2 Å². The Hall–Kier alpha value is -1.92. The summed E-state index contributed by atoms with van der Waals surface area (Å²) in [5.74, 6) is 0.233. The number of piperazine rings is 1. The molecule has 0 radical (unpaired) electrons. The molecule has 2 aliphatic heterocycles. The summed E-state index contributed by atoms with van der Waals surface area (Å²) >= 11 is 1.53. The minimum absolute atomic E-state index is 0.192. The van der Waals surface area contributed by atoms with Crippen molar-refractivity contribution in [1.29, 1.82) is 0 Å². The predicted octanol–water partition coefficient (Wildman–Crippen LogP) is 2.49. The molecule has 0 amide bonds. The lowest BCUT2D eigenvalue weighted by atomic mass is 9.96. The summed E-state index contributed by atoms with van der Waals surface area (Å²) in [6.45, 7) is 7.05. The number of esters is 1. The molecular formula is C18H21N3O2S. The summed E-state index contributed by atoms with van der Waals surface area (Å²) in [5, 5.41) is 6.27. The Morgan fingerprint density at radius 2 is 2.29 bits per heavy atom. The second-order valence-corrected chi connectivity index (χ2v) is 7.49. The van der Waals surface area contributed by atoms with Crippen LogP contribution in [0.3, 0.4) is 0 Å². The third-order valence-corrected chi connectivity index (χ3v) is 5.71. The number of carbonyl (C=O) groups excluding carboxylic acids is 1. The molecule has 1 fully saturated rings. The van der Waals surface area contributed by atoms with Gasteiger partial charge in [-0.05, 0) is 31.9 Å². The van der Waals surface area contributed by atoms with Crippen molar-refractivity contribution in [1.82, 2.24) is 10.3 Å². The van der Waals surface area contributed by atoms with Gasteiger partial charge in [-0.1, -0.05) is 6.07 Å². The summed E-state index contributed by atoms with van der Waals surface area (Å²) < 4.78 is 5.65. The lowest BCUT2D eigenvalue weighted by molar-refractivity contribution is -0.137. The van der Waals surface area contributed by atoms with Gasteiger partial charge in [0.15, 0.2) is 0 Å². The van der Waals surface area contributed by atoms with E-state index in [1.54, 1.807) is 0 Å². The highest BCUT2D eigenvalue weighted by molar-refractivity contribution is 7.09. The number of aromatic nitrogens is 1. The zero-order valence-electron chi connectivity index (χ0n) is 13.9. The molecule has 3 heterocycles. The van der Waals surface area contributed by atoms with E-state index in [-0.39, 0.29) is 11.9 Å². The van der Waals surface area contributed by atoms with E-state index in [0.717, 1.165) is 41.6 Å². The molecule has 5 nitrogen and oxygen atoms in total. The first kappa shape index (κ1) is 15.6. The predicted molar refractivity (Wildman–Crippen MR) is 95.1 cm³/mol. The standard InChI is InChI=1S/C18H21N3O2S/c1-11-9-21(6-5-19-11)14-4-3-13-7-15(17-20-12(2)10-24-17)18(22)23-16(13)8-14/h3-4,8,10-11,15,19H,5-7,9H2,1-2H3/t11-,15?/m0/s1. The number of hydrogen-bond acceptors (Lipinski definition) is 6. The number of rotatable bonds is 2. The van der Waals surface area contributed by atoms with Crippen molar-refractivity contribution < 1.29 is 9.53 Å². The van der Waals surface area contributed by atoms with Crippen LogP contribution < -0.4 is 15.0 Å². The van der Waals surface area contributed by atoms with Gasteiger partial charge >= 0.3 is 5.97 Å². The van der Waals surface area contributed by atoms with Crippen molar-refractivity contribution >= 4 is 23.0 Å². The molecule has 0 bridgehead atoms. The van der Waals surface area contributed by atoms with Crippen LogP contribution in [0.1, 0.15) is 29.1 Å². The molecular weight excluding hydrogens is 322 g/mol. The van der Waals surface area contributed by atoms with Crippen molar-refractivity contribution in [2.24, 2.45) is 0 Å². The van der Waals surface area contributed by atoms with Crippen LogP contribution in [0, 0.1) is 6.92 Å². The number of hydrogen-bond donors (Lipinski definition) is 1. The fourth-order valence-electron chi connectivity index (χ4n) is 3.37. The summed E-state index contributed by atoms with van der Waals surface area (Å²) in [6.07, 6.45) is 0.666. The fraction of sp³-hybridized carbons (Fsp3) is 0.444. The maximum absolute atomic E-state index is 12.4. The maximum Gasteiger partial charge on any atom is 0.321 e. The Labute approximate surface area is 145 Å². The monoisotopic (exact) mass is 343 g/mol. The molecule has 2 aromatic rings. The largest absolute Gasteiger partial charge is 0.426 e. The highest BCUT2D eigenvalue weighted by atomic mass is 32.1. The van der Waals surface area contributed by atoms with Crippen LogP contribution in [0.25, 0.3) is 0 Å². The highest BCUT2D eigenvalue weighted by Crippen LogP contribution is 2.36. The molecule has 1 aromatic carbocycles. The summed E-state index contributed by atoms with van der Waals surface area (Å²) in [7, 11) is 0. The van der Waals surface area contributed by atoms with Gasteiger partial charge < -0.3 is 15.0 Å². The quantitative estimate of drug-likeness (QED) is 0.671. The van der Waals surface area contributed by atoms with Crippen LogP contribution in [0.4, 0.5) is 5.69 Å². The molecule has 1 N–H and O–H groups in total. The Kier molecular flexibility index (Phi) is 4.02. The molecule has 0 spiro atoms. The molecule has 24 heavy (non-hydrogen) atoms. The third kappa shape index (κ3) is 2.91. The molecule has 1 saturated heterocycles. The number of aryl methyl sites for hydroxylation is 1. The molecule has 0 aliphatic carbocycles. The van der Waals surface area contributed by atoms with Crippen molar-refractivity contribution in [3.05, 3.63) is 39.8 Å². The maximum atomic E-state index is 12.4. The van der Waals surface area contributed by atoms with Gasteiger partial charge in [-0.25, -0.2) is 4.98 Å². The van der Waals surface area contributed by atoms with Gasteiger partial charge in [-0.2, -0.15) is 0 Å². The Morgan fingerprint density at radius 1 is 1.42 bits per heavy atom. The van der Waals surface area contributed by atoms with Gasteiger partial charge in [0, 0.05) is 48.5 Å². The summed E-state index contributed by atoms with van der Waals surface area (Å²) in [6, 6.07) is 6.71. The number of fused-ring (bicyclic) bond motifs is 1. The molecule has 1 aromatic heterocycles. The smallest absolute Gasteiger partial charge is 0.321 e. The first-order chi connectivity index (χ1) is 11.6. The first-order valence-electron chi connectivity index (χ1n) is 8.35. The zero-order chi connectivity index (χ0) is 16.7. The van der Waals surface area contributed by atoms with Crippen LogP contribution in [-0.4, -0.2) is 36.6 Å². The molecule has 6 heteroatoms. The van der Waals surface area contributed by atoms with E-state index in [2.05, 4.69) is 34.3 Å². The second kappa shape index (κ2) is 6.18. The molecule has 0 saturated carbocycles. The number of anilines is 1. The van der Waals surface area contributed by atoms with Gasteiger partial charge in [-0.3, -0.25) is 4.79 Å². The van der Waals surface area contributed by atoms with E-state index in [0.29, 0.717) is 18.2 Å². The van der Waals surface area contributed by atoms with Crippen molar-refractivity contribution in [3.8, 4) is 5.75 Å². The van der Waals surface area contributed by atoms with E-state index in [4.69, 9.17) is 4.74 Å². The van der Waals surface area contributed by atoms with Crippen LogP contribution in [0.2, 0.25) is 0 Å². The van der Waals surface area contributed by atoms with E-state index in [1.807, 2.05) is 18.4 Å². The van der Waals surface area contributed by atoms with Crippen LogP contribution >= 0.6 is 11.3 Å². The molecule has 2 aliphatic rings. The SMILES string of the molecule is Cc1csc(C2Cc3ccc(N4CCN[C@@H](C)C4)cc3OC2=O)n1. The molecule has 126 valence electrons. The minimum Gasteiger partial charge on any atom is -0.426 e. The van der Waals surface area contributed by atoms with E-state index in [1.165, 1.54) is 11.3 Å². The van der Waals surface area contributed by atoms with E-state index >= 15 is 0 Å². The lowest BCUT2D eigenvalue weighted by Gasteiger charge is -2.34. The topological polar surface area (TPSA) is 54.5 Å². The number of nitrogens with one attached hydrogen (secondary N) is 1. The number of ether oxygens (including phenoxy) is 1. The van der Waals surface area contributed by atoms with Gasteiger partial charge in [0.2, 0.25) is 0 Å². The number of benzene rings is 1. The normalized spacial score (nSPS) is 23.8. The minimum atomic E-state index is -0.277. The highest BCUT2D eigenvalue weighted by Gasteiger charge is 2.32. The van der Waals surface area contributed by atoms with Crippen molar-refractivity contribution in [3.63, 3.8) is 0 Å². The van der Waals surface area contributed by atoms with E-state index < -0.39 is 0 Å². The Balaban J connectivity index is 1.58. The fourth-order valence-corrected chi connectivity index (χ4v) is 4.26. The van der Waals surface area contributed by atoms with Crippen molar-refractivity contribution in [2.75, 3.05) is 24.5 Å². The van der Waals surface area contributed by atoms with Crippen LogP contribution in [0.5, 0.6) is 5.75 Å². The summed E-state index contributed by atoms with van der Waals surface area (Å²) in [4.78, 5) is 19.2. The average molecular weight is 343 g/mol. The Bertz CT molecular complexity index is 773. The van der Waals surface area contributed by atoms with Gasteiger partial charge in [0.25, 0.3) is 0 Å². The number of thiazole rings is 1. The van der Waals surface area contributed by atoms with Gasteiger partial charge in [0.1, 0.15) is 16.7 Å². The second-order valence-electron chi connectivity index (χ2n) is 6.60. The zero-order valence-corrected chi connectivity index (χ0v) is 14.7. The molecule has 4 rings (SSSR count). The lowest BCUT2D eigenvalue weighted by Crippen LogP contribution is -2.49. The first-order valence-corrected chi connectivity index (χ1v) is 9.23. The number of carbonyl (C=O) groups is 1. The molecule has 1 unspecified atom stereocenters. The molecule has 2 atom stereocenters. The van der Waals surface area contributed by atoms with E-state index in [9.17, 15) is 4.79 Å². The van der Waals surface area contributed by atoms with Gasteiger partial charge in [-0.15, -0.1) is 11.3 Å². The third-order valence-electron chi connectivity index (χ3n) is 4.64.